The van der Waals surface area contributed by atoms with E-state index in [1.807, 2.05) is 35.2 Å². The average Bonchev–Trinajstić information content (AvgIpc) is 2.49. The molecule has 1 aromatic carbocycles. The summed E-state index contributed by atoms with van der Waals surface area (Å²) in [5.41, 5.74) is 4.68. The molecule has 2 rings (SSSR count). The van der Waals surface area contributed by atoms with Crippen molar-refractivity contribution in [1.82, 2.24) is 10.2 Å². The van der Waals surface area contributed by atoms with Crippen LogP contribution < -0.4 is 11.1 Å². The number of carbonyl (C=O) groups excluding carboxylic acids is 2. The maximum atomic E-state index is 12.4. The van der Waals surface area contributed by atoms with Crippen molar-refractivity contribution in [1.29, 1.82) is 0 Å². The molecule has 0 aromatic heterocycles. The van der Waals surface area contributed by atoms with Crippen LogP contribution in [0.1, 0.15) is 18.4 Å². The van der Waals surface area contributed by atoms with Crippen LogP contribution >= 0.6 is 0 Å². The molecule has 1 heterocycles. The molecule has 8 heteroatoms. The zero-order valence-electron chi connectivity index (χ0n) is 12.4. The molecule has 0 atom stereocenters. The van der Waals surface area contributed by atoms with Gasteiger partial charge in [0, 0.05) is 19.6 Å². The lowest BCUT2D eigenvalue weighted by molar-refractivity contribution is -0.177. The molecule has 1 aliphatic rings. The number of hydrogen-bond acceptors (Lipinski definition) is 3. The predicted octanol–water partition coefficient (Wildman–Crippen LogP) is 1.18. The quantitative estimate of drug-likeness (QED) is 0.871. The molecule has 3 N–H and O–H groups in total. The molecule has 1 aromatic rings. The fourth-order valence-electron chi connectivity index (χ4n) is 2.66. The summed E-state index contributed by atoms with van der Waals surface area (Å²) in [5, 5.41) is 1.79. The van der Waals surface area contributed by atoms with Crippen LogP contribution in [-0.2, 0) is 16.1 Å². The van der Waals surface area contributed by atoms with Crippen molar-refractivity contribution in [3.8, 4) is 0 Å². The number of piperidine rings is 1. The molecule has 0 saturated carbocycles. The van der Waals surface area contributed by atoms with Crippen molar-refractivity contribution < 1.29 is 22.8 Å². The Hall–Kier alpha value is -2.09. The summed E-state index contributed by atoms with van der Waals surface area (Å²) < 4.78 is 37.3. The monoisotopic (exact) mass is 329 g/mol. The summed E-state index contributed by atoms with van der Waals surface area (Å²) in [6.45, 7) is 1.37. The van der Waals surface area contributed by atoms with Crippen LogP contribution in [0.25, 0.3) is 0 Å². The van der Waals surface area contributed by atoms with Gasteiger partial charge in [0.15, 0.2) is 0 Å². The molecule has 0 spiro atoms. The van der Waals surface area contributed by atoms with Crippen molar-refractivity contribution in [2.45, 2.75) is 31.1 Å². The van der Waals surface area contributed by atoms with E-state index in [1.54, 1.807) is 5.32 Å². The molecule has 0 bridgehead atoms. The highest BCUT2D eigenvalue weighted by Crippen LogP contribution is 2.25. The zero-order valence-corrected chi connectivity index (χ0v) is 12.4. The molecule has 0 aliphatic carbocycles. The Kier molecular flexibility index (Phi) is 4.93. The van der Waals surface area contributed by atoms with Gasteiger partial charge in [0.25, 0.3) is 0 Å². The number of nitrogens with one attached hydrogen (secondary N) is 1. The summed E-state index contributed by atoms with van der Waals surface area (Å²) in [7, 11) is 0. The molecule has 1 aliphatic heterocycles. The summed E-state index contributed by atoms with van der Waals surface area (Å²) in [6, 6.07) is 9.58. The van der Waals surface area contributed by atoms with E-state index < -0.39 is 23.5 Å². The van der Waals surface area contributed by atoms with Gasteiger partial charge in [-0.2, -0.15) is 13.2 Å². The Morgan fingerprint density at radius 1 is 1.17 bits per heavy atom. The number of primary amides is 1. The van der Waals surface area contributed by atoms with E-state index >= 15 is 0 Å². The number of benzene rings is 1. The summed E-state index contributed by atoms with van der Waals surface area (Å²) in [4.78, 5) is 24.8. The highest BCUT2D eigenvalue weighted by Gasteiger charge is 2.47. The minimum Gasteiger partial charge on any atom is -0.368 e. The number of hydrogen-bond donors (Lipinski definition) is 2. The van der Waals surface area contributed by atoms with Crippen LogP contribution in [0.5, 0.6) is 0 Å². The van der Waals surface area contributed by atoms with Gasteiger partial charge in [-0.3, -0.25) is 14.5 Å². The molecular formula is C15H18F3N3O2. The second kappa shape index (κ2) is 6.57. The largest absolute Gasteiger partial charge is 0.471 e. The van der Waals surface area contributed by atoms with Gasteiger partial charge in [-0.25, -0.2) is 0 Å². The van der Waals surface area contributed by atoms with Gasteiger partial charge in [0.2, 0.25) is 5.91 Å². The van der Waals surface area contributed by atoms with Crippen LogP contribution in [0, 0.1) is 0 Å². The van der Waals surface area contributed by atoms with Crippen LogP contribution in [-0.4, -0.2) is 41.5 Å². The van der Waals surface area contributed by atoms with Crippen molar-refractivity contribution in [3.05, 3.63) is 35.9 Å². The Balaban J connectivity index is 2.00. The first-order valence-corrected chi connectivity index (χ1v) is 7.18. The fraction of sp³-hybridized carbons (Fsp3) is 0.467. The third-order valence-corrected chi connectivity index (χ3v) is 4.04. The number of carbonyl (C=O) groups is 2. The molecule has 0 unspecified atom stereocenters. The van der Waals surface area contributed by atoms with E-state index in [1.165, 1.54) is 0 Å². The van der Waals surface area contributed by atoms with Crippen molar-refractivity contribution in [2.75, 3.05) is 13.1 Å². The first kappa shape index (κ1) is 17.3. The van der Waals surface area contributed by atoms with Crippen molar-refractivity contribution in [2.24, 2.45) is 5.73 Å². The SMILES string of the molecule is NC(=O)C1(NC(=O)C(F)(F)F)CCN(Cc2ccccc2)CC1. The first-order chi connectivity index (χ1) is 10.7. The van der Waals surface area contributed by atoms with E-state index in [0.717, 1.165) is 5.56 Å². The first-order valence-electron chi connectivity index (χ1n) is 7.18. The lowest BCUT2D eigenvalue weighted by atomic mass is 9.86. The van der Waals surface area contributed by atoms with E-state index in [0.29, 0.717) is 19.6 Å². The minimum absolute atomic E-state index is 0.0526. The fourth-order valence-corrected chi connectivity index (χ4v) is 2.66. The summed E-state index contributed by atoms with van der Waals surface area (Å²) >= 11 is 0. The molecule has 5 nitrogen and oxygen atoms in total. The predicted molar refractivity (Wildman–Crippen MR) is 77.1 cm³/mol. The van der Waals surface area contributed by atoms with E-state index in [2.05, 4.69) is 0 Å². The Morgan fingerprint density at radius 2 is 1.74 bits per heavy atom. The maximum Gasteiger partial charge on any atom is 0.471 e. The Bertz CT molecular complexity index is 567. The van der Waals surface area contributed by atoms with Gasteiger partial charge in [-0.05, 0) is 18.4 Å². The third-order valence-electron chi connectivity index (χ3n) is 4.04. The van der Waals surface area contributed by atoms with Gasteiger partial charge in [-0.1, -0.05) is 30.3 Å². The van der Waals surface area contributed by atoms with Gasteiger partial charge < -0.3 is 11.1 Å². The number of halogens is 3. The zero-order chi connectivity index (χ0) is 17.1. The van der Waals surface area contributed by atoms with Crippen LogP contribution in [0.3, 0.4) is 0 Å². The average molecular weight is 329 g/mol. The number of likely N-dealkylation sites (tertiary alicyclic amines) is 1. The molecule has 1 saturated heterocycles. The number of rotatable bonds is 4. The third kappa shape index (κ3) is 4.22. The molecular weight excluding hydrogens is 311 g/mol. The molecule has 1 fully saturated rings. The number of nitrogens with zero attached hydrogens (tertiary/aromatic N) is 1. The molecule has 126 valence electrons. The van der Waals surface area contributed by atoms with E-state index in [-0.39, 0.29) is 12.8 Å². The second-order valence-electron chi connectivity index (χ2n) is 5.66. The van der Waals surface area contributed by atoms with Gasteiger partial charge in [0.05, 0.1) is 0 Å². The lowest BCUT2D eigenvalue weighted by Crippen LogP contribution is -2.64. The minimum atomic E-state index is -5.04. The van der Waals surface area contributed by atoms with Gasteiger partial charge >= 0.3 is 12.1 Å². The van der Waals surface area contributed by atoms with E-state index in [9.17, 15) is 22.8 Å². The number of nitrogens with two attached hydrogens (primary N) is 1. The molecule has 2 amide bonds. The van der Waals surface area contributed by atoms with Gasteiger partial charge in [-0.15, -0.1) is 0 Å². The maximum absolute atomic E-state index is 12.4. The Labute approximate surface area is 131 Å². The number of alkyl halides is 3. The van der Waals surface area contributed by atoms with Gasteiger partial charge in [0.1, 0.15) is 5.54 Å². The topological polar surface area (TPSA) is 75.4 Å². The van der Waals surface area contributed by atoms with Crippen molar-refractivity contribution >= 4 is 11.8 Å². The molecule has 23 heavy (non-hydrogen) atoms. The second-order valence-corrected chi connectivity index (χ2v) is 5.66. The number of amides is 2. The van der Waals surface area contributed by atoms with Crippen LogP contribution in [0.15, 0.2) is 30.3 Å². The lowest BCUT2D eigenvalue weighted by Gasteiger charge is -2.40. The standard InChI is InChI=1S/C15H18F3N3O2/c16-15(17,18)13(23)20-14(12(19)22)6-8-21(9-7-14)10-11-4-2-1-3-5-11/h1-5H,6-10H2,(H2,19,22)(H,20,23). The Morgan fingerprint density at radius 3 is 2.22 bits per heavy atom. The van der Waals surface area contributed by atoms with Crippen LogP contribution in [0.4, 0.5) is 13.2 Å². The van der Waals surface area contributed by atoms with Crippen LogP contribution in [0.2, 0.25) is 0 Å². The van der Waals surface area contributed by atoms with Crippen molar-refractivity contribution in [3.63, 3.8) is 0 Å². The highest BCUT2D eigenvalue weighted by molar-refractivity contribution is 5.92. The smallest absolute Gasteiger partial charge is 0.368 e. The van der Waals surface area contributed by atoms with E-state index in [4.69, 9.17) is 5.73 Å². The molecule has 0 radical (unpaired) electrons. The summed E-state index contributed by atoms with van der Waals surface area (Å²) in [6.07, 6.45) is -4.93. The highest BCUT2D eigenvalue weighted by atomic mass is 19.4. The normalized spacial score (nSPS) is 18.4. The summed E-state index contributed by atoms with van der Waals surface area (Å²) in [5.74, 6) is -3.07.